The van der Waals surface area contributed by atoms with Gasteiger partial charge < -0.3 is 15.8 Å². The van der Waals surface area contributed by atoms with E-state index in [1.54, 1.807) is 30.3 Å². The van der Waals surface area contributed by atoms with E-state index in [1.165, 1.54) is 7.11 Å². The van der Waals surface area contributed by atoms with Crippen molar-refractivity contribution < 1.29 is 14.3 Å². The van der Waals surface area contributed by atoms with Gasteiger partial charge in [0.1, 0.15) is 11.7 Å². The molecule has 3 rings (SSSR count). The molecule has 3 aromatic rings. The van der Waals surface area contributed by atoms with E-state index in [0.717, 1.165) is 10.8 Å². The first-order chi connectivity index (χ1) is 12.1. The van der Waals surface area contributed by atoms with Crippen molar-refractivity contribution in [3.8, 4) is 5.88 Å². The van der Waals surface area contributed by atoms with Crippen LogP contribution in [0.3, 0.4) is 0 Å². The number of hydrogen-bond acceptors (Lipinski definition) is 4. The molecule has 1 unspecified atom stereocenters. The molecule has 0 aliphatic heterocycles. The van der Waals surface area contributed by atoms with Gasteiger partial charge in [-0.15, -0.1) is 0 Å². The van der Waals surface area contributed by atoms with Crippen molar-refractivity contribution in [2.75, 3.05) is 7.11 Å². The van der Waals surface area contributed by atoms with Crippen LogP contribution < -0.4 is 15.8 Å². The zero-order valence-electron chi connectivity index (χ0n) is 13.6. The van der Waals surface area contributed by atoms with Gasteiger partial charge in [-0.1, -0.05) is 48.5 Å². The number of ether oxygens (including phenoxy) is 1. The van der Waals surface area contributed by atoms with Crippen LogP contribution >= 0.6 is 0 Å². The van der Waals surface area contributed by atoms with Gasteiger partial charge in [-0.25, -0.2) is 4.98 Å². The minimum Gasteiger partial charge on any atom is -0.481 e. The molecule has 3 N–H and O–H groups in total. The van der Waals surface area contributed by atoms with Crippen LogP contribution in [0.25, 0.3) is 10.8 Å². The molecule has 1 atom stereocenters. The van der Waals surface area contributed by atoms with Gasteiger partial charge in [-0.05, 0) is 23.1 Å². The standard InChI is InChI=1S/C19H17N3O3/c1-25-19-14-10-6-5-9-13(14)11-15(21-19)18(24)22-16(17(20)23)12-7-3-2-4-8-12/h2-11,16H,1H3,(H2,20,23)(H,22,24). The van der Waals surface area contributed by atoms with Crippen molar-refractivity contribution in [1.82, 2.24) is 10.3 Å². The van der Waals surface area contributed by atoms with Crippen LogP contribution in [-0.2, 0) is 4.79 Å². The molecule has 0 spiro atoms. The zero-order chi connectivity index (χ0) is 17.8. The molecule has 2 amide bonds. The highest BCUT2D eigenvalue weighted by molar-refractivity contribution is 6.00. The fourth-order valence-corrected chi connectivity index (χ4v) is 2.61. The van der Waals surface area contributed by atoms with E-state index in [9.17, 15) is 9.59 Å². The first-order valence-corrected chi connectivity index (χ1v) is 7.69. The summed E-state index contributed by atoms with van der Waals surface area (Å²) in [6.45, 7) is 0. The van der Waals surface area contributed by atoms with Crippen LogP contribution in [0.1, 0.15) is 22.1 Å². The van der Waals surface area contributed by atoms with Gasteiger partial charge in [0.15, 0.2) is 0 Å². The lowest BCUT2D eigenvalue weighted by Gasteiger charge is -2.16. The van der Waals surface area contributed by atoms with E-state index in [4.69, 9.17) is 10.5 Å². The van der Waals surface area contributed by atoms with Gasteiger partial charge in [0, 0.05) is 5.39 Å². The molecule has 1 heterocycles. The second-order valence-corrected chi connectivity index (χ2v) is 5.46. The lowest BCUT2D eigenvalue weighted by molar-refractivity contribution is -0.120. The van der Waals surface area contributed by atoms with Crippen molar-refractivity contribution in [3.05, 3.63) is 71.9 Å². The predicted octanol–water partition coefficient (Wildman–Crippen LogP) is 2.20. The summed E-state index contributed by atoms with van der Waals surface area (Å²) in [6.07, 6.45) is 0. The molecule has 25 heavy (non-hydrogen) atoms. The molecule has 0 bridgehead atoms. The van der Waals surface area contributed by atoms with Crippen molar-refractivity contribution in [2.45, 2.75) is 6.04 Å². The number of benzene rings is 2. The molecule has 126 valence electrons. The Bertz CT molecular complexity index is 926. The molecule has 0 radical (unpaired) electrons. The second kappa shape index (κ2) is 7.00. The largest absolute Gasteiger partial charge is 0.481 e. The Morgan fingerprint density at radius 3 is 2.44 bits per heavy atom. The number of amides is 2. The van der Waals surface area contributed by atoms with Gasteiger partial charge in [0.2, 0.25) is 11.8 Å². The third-order valence-electron chi connectivity index (χ3n) is 3.82. The van der Waals surface area contributed by atoms with Gasteiger partial charge >= 0.3 is 0 Å². The fourth-order valence-electron chi connectivity index (χ4n) is 2.61. The van der Waals surface area contributed by atoms with Crippen LogP contribution in [0.2, 0.25) is 0 Å². The van der Waals surface area contributed by atoms with E-state index >= 15 is 0 Å². The number of rotatable bonds is 5. The Labute approximate surface area is 144 Å². The maximum absolute atomic E-state index is 12.6. The van der Waals surface area contributed by atoms with Crippen LogP contribution in [0.15, 0.2) is 60.7 Å². The van der Waals surface area contributed by atoms with E-state index in [2.05, 4.69) is 10.3 Å². The number of nitrogens with zero attached hydrogens (tertiary/aromatic N) is 1. The molecule has 0 saturated carbocycles. The van der Waals surface area contributed by atoms with E-state index in [-0.39, 0.29) is 5.69 Å². The number of carbonyl (C=O) groups excluding carboxylic acids is 2. The number of hydrogen-bond donors (Lipinski definition) is 2. The van der Waals surface area contributed by atoms with Crippen molar-refractivity contribution in [1.29, 1.82) is 0 Å². The molecule has 6 nitrogen and oxygen atoms in total. The van der Waals surface area contributed by atoms with Gasteiger partial charge in [-0.2, -0.15) is 0 Å². The molecule has 1 aromatic heterocycles. The summed E-state index contributed by atoms with van der Waals surface area (Å²) in [5.41, 5.74) is 6.20. The van der Waals surface area contributed by atoms with E-state index < -0.39 is 17.9 Å². The molecule has 0 fully saturated rings. The number of nitrogens with one attached hydrogen (secondary N) is 1. The number of primary amides is 1. The molecule has 6 heteroatoms. The third-order valence-corrected chi connectivity index (χ3v) is 3.82. The lowest BCUT2D eigenvalue weighted by atomic mass is 10.1. The first-order valence-electron chi connectivity index (χ1n) is 7.69. The van der Waals surface area contributed by atoms with E-state index in [1.807, 2.05) is 30.3 Å². The number of nitrogens with two attached hydrogens (primary N) is 1. The topological polar surface area (TPSA) is 94.3 Å². The summed E-state index contributed by atoms with van der Waals surface area (Å²) in [4.78, 5) is 28.6. The molecule has 2 aromatic carbocycles. The summed E-state index contributed by atoms with van der Waals surface area (Å²) < 4.78 is 5.27. The molecular formula is C19H17N3O3. The highest BCUT2D eigenvalue weighted by Crippen LogP contribution is 2.24. The van der Waals surface area contributed by atoms with Crippen molar-refractivity contribution in [3.63, 3.8) is 0 Å². The summed E-state index contributed by atoms with van der Waals surface area (Å²) in [6, 6.07) is 17.0. The average molecular weight is 335 g/mol. The summed E-state index contributed by atoms with van der Waals surface area (Å²) in [5.74, 6) is -0.803. The number of carbonyl (C=O) groups is 2. The summed E-state index contributed by atoms with van der Waals surface area (Å²) >= 11 is 0. The Hall–Kier alpha value is -3.41. The maximum Gasteiger partial charge on any atom is 0.270 e. The lowest BCUT2D eigenvalue weighted by Crippen LogP contribution is -2.37. The van der Waals surface area contributed by atoms with Crippen molar-refractivity contribution in [2.24, 2.45) is 5.73 Å². The molecular weight excluding hydrogens is 318 g/mol. The predicted molar refractivity (Wildman–Crippen MR) is 94.1 cm³/mol. The first kappa shape index (κ1) is 16.4. The third kappa shape index (κ3) is 3.42. The average Bonchev–Trinajstić information content (AvgIpc) is 2.65. The minimum atomic E-state index is -0.937. The van der Waals surface area contributed by atoms with Crippen LogP contribution in [0, 0.1) is 0 Å². The zero-order valence-corrected chi connectivity index (χ0v) is 13.6. The fraction of sp³-hybridized carbons (Fsp3) is 0.105. The summed E-state index contributed by atoms with van der Waals surface area (Å²) in [7, 11) is 1.49. The Morgan fingerprint density at radius 1 is 1.08 bits per heavy atom. The number of methoxy groups -OCH3 is 1. The number of aromatic nitrogens is 1. The quantitative estimate of drug-likeness (QED) is 0.747. The minimum absolute atomic E-state index is 0.151. The van der Waals surface area contributed by atoms with Crippen LogP contribution in [0.4, 0.5) is 0 Å². The Kier molecular flexibility index (Phi) is 4.61. The highest BCUT2D eigenvalue weighted by atomic mass is 16.5. The number of pyridine rings is 1. The smallest absolute Gasteiger partial charge is 0.270 e. The highest BCUT2D eigenvalue weighted by Gasteiger charge is 2.22. The molecule has 0 saturated heterocycles. The van der Waals surface area contributed by atoms with Gasteiger partial charge in [0.05, 0.1) is 7.11 Å². The monoisotopic (exact) mass is 335 g/mol. The molecule has 0 aliphatic rings. The van der Waals surface area contributed by atoms with Crippen molar-refractivity contribution >= 4 is 22.6 Å². The Balaban J connectivity index is 1.95. The van der Waals surface area contributed by atoms with E-state index in [0.29, 0.717) is 11.4 Å². The Morgan fingerprint density at radius 2 is 1.76 bits per heavy atom. The maximum atomic E-state index is 12.6. The van der Waals surface area contributed by atoms with Crippen LogP contribution in [-0.4, -0.2) is 23.9 Å². The number of fused-ring (bicyclic) bond motifs is 1. The SMILES string of the molecule is COc1nc(C(=O)NC(C(N)=O)c2ccccc2)cc2ccccc12. The van der Waals surface area contributed by atoms with Crippen LogP contribution in [0.5, 0.6) is 5.88 Å². The van der Waals surface area contributed by atoms with Gasteiger partial charge in [-0.3, -0.25) is 9.59 Å². The second-order valence-electron chi connectivity index (χ2n) is 5.46. The molecule has 0 aliphatic carbocycles. The normalized spacial score (nSPS) is 11.7. The summed E-state index contributed by atoms with van der Waals surface area (Å²) in [5, 5.41) is 4.25. The van der Waals surface area contributed by atoms with Gasteiger partial charge in [0.25, 0.3) is 5.91 Å².